The Bertz CT molecular complexity index is 1610. The van der Waals surface area contributed by atoms with Gasteiger partial charge in [-0.25, -0.2) is 0 Å². The highest BCUT2D eigenvalue weighted by Crippen LogP contribution is 2.73. The number of carbonyl (C=O) groups is 3. The molecule has 56 heavy (non-hydrogen) atoms. The maximum Gasteiger partial charge on any atom is 0.309 e. The highest BCUT2D eigenvalue weighted by molar-refractivity contribution is 6.00. The van der Waals surface area contributed by atoms with Gasteiger partial charge in [-0.15, -0.1) is 0 Å². The van der Waals surface area contributed by atoms with Crippen molar-refractivity contribution in [1.82, 2.24) is 15.2 Å². The van der Waals surface area contributed by atoms with Crippen LogP contribution in [-0.2, 0) is 25.7 Å². The lowest BCUT2D eigenvalue weighted by molar-refractivity contribution is -0.214. The van der Waals surface area contributed by atoms with Crippen molar-refractivity contribution in [2.75, 3.05) is 32.8 Å². The molecule has 314 valence electrons. The van der Waals surface area contributed by atoms with E-state index in [4.69, 9.17) is 4.74 Å². The van der Waals surface area contributed by atoms with Crippen molar-refractivity contribution >= 4 is 17.7 Å². The summed E-state index contributed by atoms with van der Waals surface area (Å²) in [5, 5.41) is 22.3. The van der Waals surface area contributed by atoms with Gasteiger partial charge in [0.1, 0.15) is 6.10 Å². The summed E-state index contributed by atoms with van der Waals surface area (Å²) in [4.78, 5) is 46.2. The smallest absolute Gasteiger partial charge is 0.309 e. The number of hydrogen-bond acceptors (Lipinski definition) is 8. The number of carboxylic acid groups (broad SMARTS) is 1. The Balaban J connectivity index is 0.00000600. The van der Waals surface area contributed by atoms with Gasteiger partial charge in [0.25, 0.3) is 0 Å². The molecule has 1 heterocycles. The number of esters is 1. The van der Waals surface area contributed by atoms with Gasteiger partial charge in [0, 0.05) is 49.6 Å². The number of ketones is 1. The lowest BCUT2D eigenvalue weighted by Gasteiger charge is -2.69. The molecule has 1 aromatic rings. The molecule has 0 aliphatic heterocycles. The summed E-state index contributed by atoms with van der Waals surface area (Å²) in [5.74, 6) is 1.19. The lowest BCUT2D eigenvalue weighted by Crippen LogP contribution is -2.63. The van der Waals surface area contributed by atoms with Gasteiger partial charge in [0.2, 0.25) is 0 Å². The van der Waals surface area contributed by atoms with E-state index in [0.717, 1.165) is 82.4 Å². The zero-order chi connectivity index (χ0) is 40.0. The third-order valence-electron chi connectivity index (χ3n) is 16.0. The first-order chi connectivity index (χ1) is 25.9. The number of aliphatic hydroxyl groups is 1. The fourth-order valence-corrected chi connectivity index (χ4v) is 13.4. The zero-order valence-corrected chi connectivity index (χ0v) is 35.2. The molecule has 0 saturated heterocycles. The van der Waals surface area contributed by atoms with Crippen LogP contribution in [0.3, 0.4) is 0 Å². The molecule has 9 nitrogen and oxygen atoms in total. The van der Waals surface area contributed by atoms with Crippen molar-refractivity contribution < 1.29 is 29.3 Å². The Morgan fingerprint density at radius 2 is 1.71 bits per heavy atom. The Kier molecular flexibility index (Phi) is 13.4. The van der Waals surface area contributed by atoms with E-state index in [1.165, 1.54) is 18.4 Å². The van der Waals surface area contributed by atoms with Gasteiger partial charge >= 0.3 is 11.9 Å². The van der Waals surface area contributed by atoms with Gasteiger partial charge in [-0.05, 0) is 136 Å². The van der Waals surface area contributed by atoms with Crippen LogP contribution < -0.4 is 5.32 Å². The number of aliphatic hydroxyl groups excluding tert-OH is 1. The summed E-state index contributed by atoms with van der Waals surface area (Å²) in [6, 6.07) is 6.10. The maximum atomic E-state index is 14.2. The van der Waals surface area contributed by atoms with Crippen LogP contribution in [0.5, 0.6) is 0 Å². The molecule has 0 bridgehead atoms. The number of carboxylic acids is 1. The Hall–Kier alpha value is -2.62. The molecule has 8 unspecified atom stereocenters. The second-order valence-electron chi connectivity index (χ2n) is 20.4. The van der Waals surface area contributed by atoms with Crippen molar-refractivity contribution in [2.45, 2.75) is 146 Å². The predicted molar refractivity (Wildman–Crippen MR) is 222 cm³/mol. The third kappa shape index (κ3) is 8.16. The molecule has 5 aliphatic rings. The zero-order valence-electron chi connectivity index (χ0n) is 35.2. The molecule has 0 radical (unpaired) electrons. The van der Waals surface area contributed by atoms with Crippen molar-refractivity contribution in [3.05, 3.63) is 41.2 Å². The van der Waals surface area contributed by atoms with Crippen molar-refractivity contribution in [3.8, 4) is 0 Å². The van der Waals surface area contributed by atoms with Crippen LogP contribution in [0.15, 0.2) is 35.5 Å². The van der Waals surface area contributed by atoms with E-state index in [9.17, 15) is 24.6 Å². The molecule has 0 spiro atoms. The van der Waals surface area contributed by atoms with E-state index in [-0.39, 0.29) is 54.1 Å². The predicted octanol–water partition coefficient (Wildman–Crippen LogP) is 8.50. The molecule has 0 aromatic carbocycles. The van der Waals surface area contributed by atoms with Gasteiger partial charge in [0.15, 0.2) is 5.78 Å². The van der Waals surface area contributed by atoms with E-state index in [2.05, 4.69) is 62.8 Å². The number of fused-ring (bicyclic) bond motifs is 7. The van der Waals surface area contributed by atoms with Crippen molar-refractivity contribution in [3.63, 3.8) is 0 Å². The van der Waals surface area contributed by atoms with Crippen LogP contribution in [0.1, 0.15) is 139 Å². The Labute approximate surface area is 338 Å². The maximum absolute atomic E-state index is 14.2. The summed E-state index contributed by atoms with van der Waals surface area (Å²) in [6.45, 7) is 21.4. The Morgan fingerprint density at radius 3 is 2.38 bits per heavy atom. The van der Waals surface area contributed by atoms with Gasteiger partial charge in [-0.3, -0.25) is 24.3 Å². The molecule has 1 aromatic heterocycles. The van der Waals surface area contributed by atoms with Gasteiger partial charge < -0.3 is 20.3 Å². The highest BCUT2D eigenvalue weighted by Gasteiger charge is 2.66. The monoisotopic (exact) mass is 778 g/mol. The second kappa shape index (κ2) is 16.9. The van der Waals surface area contributed by atoms with E-state index in [1.54, 1.807) is 13.8 Å². The second-order valence-corrected chi connectivity index (χ2v) is 20.4. The molecule has 0 amide bonds. The van der Waals surface area contributed by atoms with Crippen LogP contribution >= 0.6 is 0 Å². The highest BCUT2D eigenvalue weighted by atomic mass is 16.5. The third-order valence-corrected chi connectivity index (χ3v) is 16.0. The molecule has 8 atom stereocenters. The number of allylic oxidation sites excluding steroid dienone is 2. The fourth-order valence-electron chi connectivity index (χ4n) is 13.4. The largest absolute Gasteiger partial charge is 0.481 e. The SMILES string of the molecule is C.CC(C)C1=C2C3CCC4C(C)(CCC5C(C)(C)C(OC(=O)CC(C)(C)C(=O)O)CCC54C)C3CCC2(CCN(CCNCCO)Cc2ccccn2)CC1=O. The summed E-state index contributed by atoms with van der Waals surface area (Å²) in [5.41, 5.74) is 2.59. The number of aromatic nitrogens is 1. The van der Waals surface area contributed by atoms with E-state index in [1.807, 2.05) is 18.3 Å². The first-order valence-corrected chi connectivity index (χ1v) is 21.5. The van der Waals surface area contributed by atoms with Gasteiger partial charge in [0.05, 0.1) is 24.1 Å². The van der Waals surface area contributed by atoms with Crippen LogP contribution in [0.4, 0.5) is 0 Å². The summed E-state index contributed by atoms with van der Waals surface area (Å²) in [7, 11) is 0. The molecule has 4 saturated carbocycles. The van der Waals surface area contributed by atoms with Crippen LogP contribution in [0, 0.1) is 56.7 Å². The summed E-state index contributed by atoms with van der Waals surface area (Å²) in [6.07, 6.45) is 11.8. The number of rotatable bonds is 15. The van der Waals surface area contributed by atoms with E-state index >= 15 is 0 Å². The summed E-state index contributed by atoms with van der Waals surface area (Å²) >= 11 is 0. The number of carbonyl (C=O) groups excluding carboxylic acids is 2. The molecule has 5 aliphatic carbocycles. The van der Waals surface area contributed by atoms with E-state index < -0.39 is 17.4 Å². The molecule has 6 rings (SSSR count). The van der Waals surface area contributed by atoms with Gasteiger partial charge in [-0.2, -0.15) is 0 Å². The summed E-state index contributed by atoms with van der Waals surface area (Å²) < 4.78 is 6.18. The number of nitrogens with zero attached hydrogens (tertiary/aromatic N) is 2. The average Bonchev–Trinajstić information content (AvgIpc) is 3.42. The number of ether oxygens (including phenoxy) is 1. The van der Waals surface area contributed by atoms with Crippen LogP contribution in [-0.4, -0.2) is 76.7 Å². The number of hydrogen-bond donors (Lipinski definition) is 3. The minimum absolute atomic E-state index is 0. The Morgan fingerprint density at radius 1 is 0.982 bits per heavy atom. The minimum atomic E-state index is -1.15. The topological polar surface area (TPSA) is 129 Å². The fraction of sp³-hybridized carbons (Fsp3) is 0.787. The number of Topliss-reactive ketones (excluding diaryl/α,β-unsaturated/α-hetero) is 1. The van der Waals surface area contributed by atoms with Crippen LogP contribution in [0.25, 0.3) is 0 Å². The van der Waals surface area contributed by atoms with Crippen molar-refractivity contribution in [1.29, 1.82) is 0 Å². The first kappa shape index (κ1) is 44.5. The van der Waals surface area contributed by atoms with E-state index in [0.29, 0.717) is 42.4 Å². The quantitative estimate of drug-likeness (QED) is 0.119. The standard InChI is InChI=1S/C46H71N3O6.CH4/c1-30(2)39-34(51)27-46(20-24-49(25-22-47-23-26-50)29-31-11-9-10-21-48-31)19-14-33-32(40(39)46)12-13-36-44(33,7)17-15-35-43(5,6)37(16-18-45(35,36)8)55-38(52)28-42(3,4)41(53)54;/h9-11,21,30,32-33,35-37,47,50H,12-20,22-29H2,1-8H3,(H,53,54);1H4. The number of nitrogens with one attached hydrogen (secondary N) is 1. The minimum Gasteiger partial charge on any atom is -0.481 e. The molecule has 9 heteroatoms. The van der Waals surface area contributed by atoms with Crippen molar-refractivity contribution in [2.24, 2.45) is 56.7 Å². The molecule has 4 fully saturated rings. The lowest BCUT2D eigenvalue weighted by atomic mass is 9.36. The normalized spacial score (nSPS) is 33.6. The number of aliphatic carboxylic acids is 1. The average molecular weight is 778 g/mol. The molecule has 3 N–H and O–H groups in total. The number of pyridine rings is 1. The van der Waals surface area contributed by atoms with Crippen LogP contribution in [0.2, 0.25) is 0 Å². The molecular weight excluding hydrogens is 703 g/mol. The first-order valence-electron chi connectivity index (χ1n) is 21.5. The molecular formula is C47H75N3O6. The van der Waals surface area contributed by atoms with Gasteiger partial charge in [-0.1, -0.05) is 60.6 Å².